The van der Waals surface area contributed by atoms with Gasteiger partial charge in [-0.3, -0.25) is 9.69 Å². The molecule has 162 valence electrons. The lowest BCUT2D eigenvalue weighted by Crippen LogP contribution is -2.42. The molecule has 1 aromatic heterocycles. The van der Waals surface area contributed by atoms with Crippen molar-refractivity contribution < 1.29 is 9.21 Å². The maximum Gasteiger partial charge on any atom is 0.257 e. The number of para-hydroxylation sites is 2. The summed E-state index contributed by atoms with van der Waals surface area (Å²) in [5.41, 5.74) is 4.48. The van der Waals surface area contributed by atoms with Gasteiger partial charge in [0.25, 0.3) is 5.91 Å². The molecule has 0 unspecified atom stereocenters. The molecule has 2 heterocycles. The third kappa shape index (κ3) is 4.25. The highest BCUT2D eigenvalue weighted by Gasteiger charge is 2.18. The lowest BCUT2D eigenvalue weighted by Gasteiger charge is -2.27. The molecule has 1 fully saturated rings. The summed E-state index contributed by atoms with van der Waals surface area (Å²) in [7, 11) is 0. The van der Waals surface area contributed by atoms with Gasteiger partial charge < -0.3 is 15.1 Å². The van der Waals surface area contributed by atoms with Crippen molar-refractivity contribution in [3.63, 3.8) is 0 Å². The van der Waals surface area contributed by atoms with Crippen molar-refractivity contribution in [3.8, 4) is 11.5 Å². The van der Waals surface area contributed by atoms with Crippen molar-refractivity contribution in [2.24, 2.45) is 0 Å². The number of carbonyl (C=O) groups excluding carboxylic acids is 1. The first kappa shape index (κ1) is 20.7. The summed E-state index contributed by atoms with van der Waals surface area (Å²) in [5, 5.41) is 6.74. The zero-order valence-electron chi connectivity index (χ0n) is 17.5. The minimum atomic E-state index is -0.279. The molecule has 1 saturated heterocycles. The molecule has 0 saturated carbocycles. The van der Waals surface area contributed by atoms with E-state index in [0.717, 1.165) is 55.0 Å². The van der Waals surface area contributed by atoms with Gasteiger partial charge in [0, 0.05) is 32.7 Å². The SMILES string of the molecule is O=C(Nc1ccccc1-c1nc2c(CN3CCNCC3)cccc2o1)c1ccccc1Cl. The van der Waals surface area contributed by atoms with Crippen molar-refractivity contribution in [3.05, 3.63) is 82.9 Å². The Morgan fingerprint density at radius 1 is 1.03 bits per heavy atom. The molecule has 0 spiro atoms. The number of hydrogen-bond acceptors (Lipinski definition) is 5. The lowest BCUT2D eigenvalue weighted by molar-refractivity contribution is 0.102. The molecule has 0 bridgehead atoms. The normalized spacial score (nSPS) is 14.5. The lowest BCUT2D eigenvalue weighted by atomic mass is 10.1. The van der Waals surface area contributed by atoms with Crippen LogP contribution in [0.3, 0.4) is 0 Å². The number of benzene rings is 3. The van der Waals surface area contributed by atoms with Crippen LogP contribution in [0.2, 0.25) is 5.02 Å². The number of aromatic nitrogens is 1. The molecule has 3 aromatic carbocycles. The van der Waals surface area contributed by atoms with Gasteiger partial charge in [-0.05, 0) is 35.9 Å². The Kier molecular flexibility index (Phi) is 5.90. The summed E-state index contributed by atoms with van der Waals surface area (Å²) in [6.07, 6.45) is 0. The number of amides is 1. The van der Waals surface area contributed by atoms with Crippen LogP contribution in [-0.4, -0.2) is 42.0 Å². The summed E-state index contributed by atoms with van der Waals surface area (Å²) in [6.45, 7) is 4.85. The second-order valence-electron chi connectivity index (χ2n) is 7.79. The van der Waals surface area contributed by atoms with Crippen LogP contribution in [0.5, 0.6) is 0 Å². The van der Waals surface area contributed by atoms with Gasteiger partial charge in [0.2, 0.25) is 5.89 Å². The number of nitrogens with one attached hydrogen (secondary N) is 2. The van der Waals surface area contributed by atoms with Crippen LogP contribution in [0.4, 0.5) is 5.69 Å². The second kappa shape index (κ2) is 9.12. The van der Waals surface area contributed by atoms with Crippen molar-refractivity contribution in [1.29, 1.82) is 0 Å². The minimum absolute atomic E-state index is 0.279. The van der Waals surface area contributed by atoms with E-state index in [2.05, 4.69) is 21.6 Å². The molecule has 6 nitrogen and oxygen atoms in total. The molecule has 1 aliphatic heterocycles. The van der Waals surface area contributed by atoms with Gasteiger partial charge in [0.1, 0.15) is 5.52 Å². The maximum atomic E-state index is 12.8. The average Bonchev–Trinajstić information content (AvgIpc) is 3.26. The molecule has 5 rings (SSSR count). The van der Waals surface area contributed by atoms with Crippen LogP contribution in [0.25, 0.3) is 22.6 Å². The molecule has 1 aliphatic rings. The second-order valence-corrected chi connectivity index (χ2v) is 8.20. The molecule has 0 aliphatic carbocycles. The summed E-state index contributed by atoms with van der Waals surface area (Å²) < 4.78 is 6.12. The largest absolute Gasteiger partial charge is 0.436 e. The highest BCUT2D eigenvalue weighted by molar-refractivity contribution is 6.34. The molecule has 4 aromatic rings. The van der Waals surface area contributed by atoms with Crippen LogP contribution >= 0.6 is 11.6 Å². The Labute approximate surface area is 191 Å². The van der Waals surface area contributed by atoms with E-state index in [9.17, 15) is 4.79 Å². The molecule has 7 heteroatoms. The van der Waals surface area contributed by atoms with E-state index in [0.29, 0.717) is 22.2 Å². The van der Waals surface area contributed by atoms with Crippen molar-refractivity contribution in [2.45, 2.75) is 6.54 Å². The Bertz CT molecular complexity index is 1260. The van der Waals surface area contributed by atoms with Gasteiger partial charge in [0.05, 0.1) is 21.8 Å². The van der Waals surface area contributed by atoms with E-state index in [1.165, 1.54) is 0 Å². The number of hydrogen-bond donors (Lipinski definition) is 2. The number of piperazine rings is 1. The van der Waals surface area contributed by atoms with Crippen LogP contribution in [0.15, 0.2) is 71.1 Å². The van der Waals surface area contributed by atoms with E-state index in [-0.39, 0.29) is 5.91 Å². The standard InChI is InChI=1S/C25H23ClN4O2/c26-20-9-3-1-7-18(20)24(31)28-21-10-4-2-8-19(21)25-29-23-17(6-5-11-22(23)32-25)16-30-14-12-27-13-15-30/h1-11,27H,12-16H2,(H,28,31). The maximum absolute atomic E-state index is 12.8. The van der Waals surface area contributed by atoms with E-state index in [1.807, 2.05) is 36.4 Å². The van der Waals surface area contributed by atoms with Crippen molar-refractivity contribution in [1.82, 2.24) is 15.2 Å². The number of fused-ring (bicyclic) bond motifs is 1. The van der Waals surface area contributed by atoms with E-state index in [1.54, 1.807) is 24.3 Å². The summed E-state index contributed by atoms with van der Waals surface area (Å²) in [5.74, 6) is 0.196. The monoisotopic (exact) mass is 446 g/mol. The third-order valence-electron chi connectivity index (χ3n) is 5.63. The van der Waals surface area contributed by atoms with E-state index < -0.39 is 0 Å². The van der Waals surface area contributed by atoms with E-state index >= 15 is 0 Å². The number of carbonyl (C=O) groups is 1. The molecular formula is C25H23ClN4O2. The number of anilines is 1. The van der Waals surface area contributed by atoms with Crippen LogP contribution < -0.4 is 10.6 Å². The van der Waals surface area contributed by atoms with Gasteiger partial charge >= 0.3 is 0 Å². The average molecular weight is 447 g/mol. The molecule has 1 amide bonds. The van der Waals surface area contributed by atoms with Crippen LogP contribution in [-0.2, 0) is 6.54 Å². The number of oxazole rings is 1. The molecule has 0 atom stereocenters. The highest BCUT2D eigenvalue weighted by atomic mass is 35.5. The fourth-order valence-electron chi connectivity index (χ4n) is 3.97. The topological polar surface area (TPSA) is 70.4 Å². The number of halogens is 1. The fourth-order valence-corrected chi connectivity index (χ4v) is 4.19. The van der Waals surface area contributed by atoms with Gasteiger partial charge in [-0.2, -0.15) is 0 Å². The molecule has 0 radical (unpaired) electrons. The highest BCUT2D eigenvalue weighted by Crippen LogP contribution is 2.32. The molecular weight excluding hydrogens is 424 g/mol. The van der Waals surface area contributed by atoms with Crippen molar-refractivity contribution >= 4 is 34.3 Å². The quantitative estimate of drug-likeness (QED) is 0.460. The summed E-state index contributed by atoms with van der Waals surface area (Å²) in [6, 6.07) is 20.5. The first-order valence-corrected chi connectivity index (χ1v) is 11.0. The van der Waals surface area contributed by atoms with Gasteiger partial charge in [0.15, 0.2) is 5.58 Å². The minimum Gasteiger partial charge on any atom is -0.436 e. The predicted molar refractivity (Wildman–Crippen MR) is 127 cm³/mol. The number of nitrogens with zero attached hydrogens (tertiary/aromatic N) is 2. The van der Waals surface area contributed by atoms with Gasteiger partial charge in [-0.25, -0.2) is 4.98 Å². The molecule has 32 heavy (non-hydrogen) atoms. The Morgan fingerprint density at radius 2 is 1.81 bits per heavy atom. The first-order chi connectivity index (χ1) is 15.7. The zero-order valence-corrected chi connectivity index (χ0v) is 18.2. The Morgan fingerprint density at radius 3 is 2.66 bits per heavy atom. The van der Waals surface area contributed by atoms with Crippen molar-refractivity contribution in [2.75, 3.05) is 31.5 Å². The Hall–Kier alpha value is -3.19. The molecule has 2 N–H and O–H groups in total. The first-order valence-electron chi connectivity index (χ1n) is 10.7. The zero-order chi connectivity index (χ0) is 21.9. The fraction of sp³-hybridized carbons (Fsp3) is 0.200. The summed E-state index contributed by atoms with van der Waals surface area (Å²) in [4.78, 5) is 20.0. The van der Waals surface area contributed by atoms with Crippen LogP contribution in [0, 0.1) is 0 Å². The Balaban J connectivity index is 1.46. The van der Waals surface area contributed by atoms with E-state index in [4.69, 9.17) is 21.0 Å². The smallest absolute Gasteiger partial charge is 0.257 e. The summed E-state index contributed by atoms with van der Waals surface area (Å²) >= 11 is 6.19. The third-order valence-corrected chi connectivity index (χ3v) is 5.96. The number of rotatable bonds is 5. The van der Waals surface area contributed by atoms with Crippen LogP contribution in [0.1, 0.15) is 15.9 Å². The van der Waals surface area contributed by atoms with Gasteiger partial charge in [-0.1, -0.05) is 48.0 Å². The van der Waals surface area contributed by atoms with Gasteiger partial charge in [-0.15, -0.1) is 0 Å². The predicted octanol–water partition coefficient (Wildman–Crippen LogP) is 4.81.